The van der Waals surface area contributed by atoms with Gasteiger partial charge in [0.2, 0.25) is 0 Å². The van der Waals surface area contributed by atoms with Crippen molar-refractivity contribution in [1.29, 1.82) is 0 Å². The zero-order chi connectivity index (χ0) is 13.8. The molecule has 1 aromatic heterocycles. The maximum Gasteiger partial charge on any atom is 0.123 e. The van der Waals surface area contributed by atoms with Gasteiger partial charge in [-0.05, 0) is 29.9 Å². The van der Waals surface area contributed by atoms with Gasteiger partial charge in [-0.15, -0.1) is 0 Å². The zero-order valence-electron chi connectivity index (χ0n) is 11.9. The number of hydrogen-bond acceptors (Lipinski definition) is 3. The van der Waals surface area contributed by atoms with Crippen molar-refractivity contribution in [1.82, 2.24) is 10.2 Å². The molecule has 3 rings (SSSR count). The SMILES string of the molecule is COCc1ccc(C2CCN(c3ccn[nH]3)CC2)cc1. The fourth-order valence-corrected chi connectivity index (χ4v) is 2.93. The first-order chi connectivity index (χ1) is 9.86. The van der Waals surface area contributed by atoms with Crippen LogP contribution in [0.5, 0.6) is 0 Å². The number of H-pyrrole nitrogens is 1. The van der Waals surface area contributed by atoms with Crippen LogP contribution in [0, 0.1) is 0 Å². The summed E-state index contributed by atoms with van der Waals surface area (Å²) >= 11 is 0. The number of methoxy groups -OCH3 is 1. The fourth-order valence-electron chi connectivity index (χ4n) is 2.93. The van der Waals surface area contributed by atoms with Crippen molar-refractivity contribution in [2.24, 2.45) is 0 Å². The summed E-state index contributed by atoms with van der Waals surface area (Å²) in [6.07, 6.45) is 4.21. The first-order valence-electron chi connectivity index (χ1n) is 7.19. The first kappa shape index (κ1) is 13.2. The molecule has 20 heavy (non-hydrogen) atoms. The molecule has 0 spiro atoms. The smallest absolute Gasteiger partial charge is 0.123 e. The Morgan fingerprint density at radius 3 is 2.55 bits per heavy atom. The highest BCUT2D eigenvalue weighted by Gasteiger charge is 2.21. The minimum atomic E-state index is 0.672. The summed E-state index contributed by atoms with van der Waals surface area (Å²) in [6.45, 7) is 2.87. The maximum absolute atomic E-state index is 5.15. The molecule has 1 N–H and O–H groups in total. The molecule has 4 heteroatoms. The van der Waals surface area contributed by atoms with Crippen molar-refractivity contribution in [3.05, 3.63) is 47.7 Å². The van der Waals surface area contributed by atoms with E-state index in [0.717, 1.165) is 18.9 Å². The number of hydrogen-bond donors (Lipinski definition) is 1. The summed E-state index contributed by atoms with van der Waals surface area (Å²) in [4.78, 5) is 2.38. The Morgan fingerprint density at radius 2 is 1.95 bits per heavy atom. The normalized spacial score (nSPS) is 16.6. The van der Waals surface area contributed by atoms with E-state index in [9.17, 15) is 0 Å². The Bertz CT molecular complexity index is 513. The van der Waals surface area contributed by atoms with E-state index in [1.165, 1.54) is 24.0 Å². The molecule has 0 amide bonds. The van der Waals surface area contributed by atoms with Gasteiger partial charge in [-0.1, -0.05) is 24.3 Å². The molecule has 0 atom stereocenters. The summed E-state index contributed by atoms with van der Waals surface area (Å²) in [7, 11) is 1.74. The van der Waals surface area contributed by atoms with Gasteiger partial charge in [-0.3, -0.25) is 5.10 Å². The lowest BCUT2D eigenvalue weighted by atomic mass is 9.89. The molecule has 0 saturated carbocycles. The van der Waals surface area contributed by atoms with Crippen molar-refractivity contribution in [2.75, 3.05) is 25.1 Å². The van der Waals surface area contributed by atoms with E-state index in [0.29, 0.717) is 12.5 Å². The van der Waals surface area contributed by atoms with Crippen molar-refractivity contribution in [3.63, 3.8) is 0 Å². The predicted molar refractivity (Wildman–Crippen MR) is 79.9 cm³/mol. The highest BCUT2D eigenvalue weighted by molar-refractivity contribution is 5.38. The van der Waals surface area contributed by atoms with E-state index < -0.39 is 0 Å². The monoisotopic (exact) mass is 271 g/mol. The fraction of sp³-hybridized carbons (Fsp3) is 0.438. The molecule has 0 radical (unpaired) electrons. The minimum absolute atomic E-state index is 0.672. The summed E-state index contributed by atoms with van der Waals surface area (Å²) in [5.41, 5.74) is 2.69. The van der Waals surface area contributed by atoms with E-state index in [1.807, 2.05) is 12.3 Å². The second kappa shape index (κ2) is 6.09. The highest BCUT2D eigenvalue weighted by atomic mass is 16.5. The molecule has 1 fully saturated rings. The molecule has 1 saturated heterocycles. The van der Waals surface area contributed by atoms with Gasteiger partial charge in [0.15, 0.2) is 0 Å². The number of benzene rings is 1. The largest absolute Gasteiger partial charge is 0.380 e. The van der Waals surface area contributed by atoms with Gasteiger partial charge < -0.3 is 9.64 Å². The number of nitrogens with one attached hydrogen (secondary N) is 1. The van der Waals surface area contributed by atoms with Crippen LogP contribution in [0.4, 0.5) is 5.82 Å². The molecule has 0 unspecified atom stereocenters. The number of anilines is 1. The third kappa shape index (κ3) is 2.85. The van der Waals surface area contributed by atoms with Gasteiger partial charge in [0.1, 0.15) is 5.82 Å². The quantitative estimate of drug-likeness (QED) is 0.929. The molecule has 2 heterocycles. The molecule has 0 aliphatic carbocycles. The number of aromatic nitrogens is 2. The van der Waals surface area contributed by atoms with E-state index in [1.54, 1.807) is 7.11 Å². The average molecular weight is 271 g/mol. The minimum Gasteiger partial charge on any atom is -0.380 e. The van der Waals surface area contributed by atoms with Crippen LogP contribution in [0.1, 0.15) is 29.9 Å². The molecule has 106 valence electrons. The van der Waals surface area contributed by atoms with Crippen LogP contribution >= 0.6 is 0 Å². The van der Waals surface area contributed by atoms with Gasteiger partial charge in [-0.2, -0.15) is 5.10 Å². The lowest BCUT2D eigenvalue weighted by Gasteiger charge is -2.32. The van der Waals surface area contributed by atoms with Gasteiger partial charge in [-0.25, -0.2) is 0 Å². The average Bonchev–Trinajstić information content (AvgIpc) is 3.03. The second-order valence-electron chi connectivity index (χ2n) is 5.38. The van der Waals surface area contributed by atoms with Crippen molar-refractivity contribution >= 4 is 5.82 Å². The van der Waals surface area contributed by atoms with E-state index >= 15 is 0 Å². The Morgan fingerprint density at radius 1 is 1.20 bits per heavy atom. The number of ether oxygens (including phenoxy) is 1. The molecule has 0 bridgehead atoms. The van der Waals surface area contributed by atoms with Crippen molar-refractivity contribution in [3.8, 4) is 0 Å². The molecular formula is C16H21N3O. The van der Waals surface area contributed by atoms with Gasteiger partial charge in [0.25, 0.3) is 0 Å². The molecule has 4 nitrogen and oxygen atoms in total. The number of nitrogens with zero attached hydrogens (tertiary/aromatic N) is 2. The van der Waals surface area contributed by atoms with Crippen LogP contribution in [0.3, 0.4) is 0 Å². The molecule has 1 aliphatic heterocycles. The first-order valence-corrected chi connectivity index (χ1v) is 7.19. The van der Waals surface area contributed by atoms with Crippen LogP contribution in [0.2, 0.25) is 0 Å². The molecule has 2 aromatic rings. The van der Waals surface area contributed by atoms with Crippen LogP contribution in [-0.4, -0.2) is 30.4 Å². The van der Waals surface area contributed by atoms with Crippen LogP contribution in [-0.2, 0) is 11.3 Å². The lowest BCUT2D eigenvalue weighted by Crippen LogP contribution is -2.33. The van der Waals surface area contributed by atoms with E-state index in [2.05, 4.69) is 39.4 Å². The van der Waals surface area contributed by atoms with Crippen LogP contribution < -0.4 is 4.90 Å². The van der Waals surface area contributed by atoms with Gasteiger partial charge in [0, 0.05) is 26.3 Å². The summed E-state index contributed by atoms with van der Waals surface area (Å²) in [6, 6.07) is 10.9. The molecular weight excluding hydrogens is 250 g/mol. The van der Waals surface area contributed by atoms with E-state index in [4.69, 9.17) is 4.74 Å². The predicted octanol–water partition coefficient (Wildman–Crippen LogP) is 2.94. The van der Waals surface area contributed by atoms with Crippen molar-refractivity contribution < 1.29 is 4.74 Å². The highest BCUT2D eigenvalue weighted by Crippen LogP contribution is 2.29. The topological polar surface area (TPSA) is 41.1 Å². The standard InChI is InChI=1S/C16H21N3O/c1-20-12-13-2-4-14(5-3-13)15-7-10-19(11-8-15)16-6-9-17-18-16/h2-6,9,15H,7-8,10-12H2,1H3,(H,17,18). The summed E-state index contributed by atoms with van der Waals surface area (Å²) in [5, 5.41) is 7.07. The Balaban J connectivity index is 1.60. The summed E-state index contributed by atoms with van der Waals surface area (Å²) in [5.74, 6) is 1.81. The number of rotatable bonds is 4. The molecule has 1 aliphatic rings. The number of aromatic amines is 1. The number of piperidine rings is 1. The van der Waals surface area contributed by atoms with E-state index in [-0.39, 0.29) is 0 Å². The van der Waals surface area contributed by atoms with Gasteiger partial charge in [0.05, 0.1) is 12.8 Å². The maximum atomic E-state index is 5.15. The Hall–Kier alpha value is -1.81. The summed E-state index contributed by atoms with van der Waals surface area (Å²) < 4.78 is 5.15. The van der Waals surface area contributed by atoms with Crippen LogP contribution in [0.25, 0.3) is 0 Å². The lowest BCUT2D eigenvalue weighted by molar-refractivity contribution is 0.185. The zero-order valence-corrected chi connectivity index (χ0v) is 11.9. The van der Waals surface area contributed by atoms with Gasteiger partial charge >= 0.3 is 0 Å². The molecule has 1 aromatic carbocycles. The van der Waals surface area contributed by atoms with Crippen LogP contribution in [0.15, 0.2) is 36.5 Å². The second-order valence-corrected chi connectivity index (χ2v) is 5.38. The van der Waals surface area contributed by atoms with Crippen molar-refractivity contribution in [2.45, 2.75) is 25.4 Å². The third-order valence-corrected chi connectivity index (χ3v) is 4.08. The Labute approximate surface area is 119 Å². The Kier molecular flexibility index (Phi) is 4.02. The third-order valence-electron chi connectivity index (χ3n) is 4.08.